The van der Waals surface area contributed by atoms with E-state index < -0.39 is 0 Å². The van der Waals surface area contributed by atoms with Gasteiger partial charge in [-0.1, -0.05) is 24.7 Å². The van der Waals surface area contributed by atoms with Gasteiger partial charge in [0.2, 0.25) is 0 Å². The summed E-state index contributed by atoms with van der Waals surface area (Å²) in [5, 5.41) is 0. The maximum absolute atomic E-state index is 13.4. The lowest BCUT2D eigenvalue weighted by Gasteiger charge is -2.36. The molecule has 0 radical (unpaired) electrons. The fourth-order valence-electron chi connectivity index (χ4n) is 5.99. The van der Waals surface area contributed by atoms with E-state index in [0.29, 0.717) is 22.7 Å². The van der Waals surface area contributed by atoms with Crippen molar-refractivity contribution in [1.29, 1.82) is 0 Å². The minimum atomic E-state index is -0.0156. The lowest BCUT2D eigenvalue weighted by molar-refractivity contribution is 0.0655. The van der Waals surface area contributed by atoms with Gasteiger partial charge in [0, 0.05) is 18.0 Å². The van der Waals surface area contributed by atoms with Crippen molar-refractivity contribution >= 4 is 21.6 Å². The Hall–Kier alpha value is -2.62. The fourth-order valence-corrected chi connectivity index (χ4v) is 6.89. The molecule has 6 heteroatoms. The first kappa shape index (κ1) is 22.6. The topological polar surface area (TPSA) is 47.4 Å². The van der Waals surface area contributed by atoms with Gasteiger partial charge in [-0.05, 0) is 94.2 Å². The predicted molar refractivity (Wildman–Crippen MR) is 144 cm³/mol. The highest BCUT2D eigenvalue weighted by Gasteiger charge is 2.39. The minimum Gasteiger partial charge on any atom is -0.490 e. The summed E-state index contributed by atoms with van der Waals surface area (Å²) in [6.45, 7) is 0. The third-order valence-corrected chi connectivity index (χ3v) is 9.63. The average molecular weight is 500 g/mol. The molecule has 2 bridgehead atoms. The molecule has 0 spiro atoms. The summed E-state index contributed by atoms with van der Waals surface area (Å²) in [5.41, 5.74) is 2.82. The molecule has 2 aromatic heterocycles. The monoisotopic (exact) mass is 499 g/mol. The number of fused-ring (bicyclic) bond motifs is 3. The van der Waals surface area contributed by atoms with Crippen LogP contribution in [-0.4, -0.2) is 39.7 Å². The summed E-state index contributed by atoms with van der Waals surface area (Å²) in [4.78, 5) is 21.5. The molecule has 7 rings (SSSR count). The molecule has 3 aromatic rings. The first-order valence-corrected chi connectivity index (χ1v) is 14.5. The lowest BCUT2D eigenvalue weighted by atomic mass is 10.00. The SMILES string of the molecule is CN1[C@@H]2CC[C@H]1C[C@@H](Oc1ccc(-n3cnc4cc(C#CC5CC5)sc4c3=O)cc1CCC1CC1)C2. The van der Waals surface area contributed by atoms with Crippen molar-refractivity contribution in [2.75, 3.05) is 7.05 Å². The van der Waals surface area contributed by atoms with E-state index in [2.05, 4.69) is 40.9 Å². The number of ether oxygens (including phenoxy) is 1. The van der Waals surface area contributed by atoms with Crippen molar-refractivity contribution in [3.63, 3.8) is 0 Å². The van der Waals surface area contributed by atoms with Gasteiger partial charge in [-0.3, -0.25) is 9.36 Å². The zero-order valence-corrected chi connectivity index (χ0v) is 21.7. The van der Waals surface area contributed by atoms with Gasteiger partial charge in [0.1, 0.15) is 22.9 Å². The van der Waals surface area contributed by atoms with Crippen LogP contribution in [0.5, 0.6) is 5.75 Å². The second-order valence-electron chi connectivity index (χ2n) is 11.3. The number of benzene rings is 1. The highest BCUT2D eigenvalue weighted by Crippen LogP contribution is 2.38. The summed E-state index contributed by atoms with van der Waals surface area (Å²) in [6.07, 6.45) is 14.1. The first-order valence-electron chi connectivity index (χ1n) is 13.7. The first-order chi connectivity index (χ1) is 17.6. The molecule has 2 saturated heterocycles. The molecule has 186 valence electrons. The number of rotatable bonds is 6. The molecule has 0 N–H and O–H groups in total. The van der Waals surface area contributed by atoms with Gasteiger partial charge in [-0.2, -0.15) is 0 Å². The van der Waals surface area contributed by atoms with Crippen molar-refractivity contribution in [3.05, 3.63) is 51.4 Å². The molecule has 36 heavy (non-hydrogen) atoms. The number of aryl methyl sites for hydroxylation is 1. The summed E-state index contributed by atoms with van der Waals surface area (Å²) in [6, 6.07) is 9.55. The van der Waals surface area contributed by atoms with E-state index in [1.54, 1.807) is 10.9 Å². The van der Waals surface area contributed by atoms with Crippen LogP contribution in [-0.2, 0) is 6.42 Å². The second-order valence-corrected chi connectivity index (χ2v) is 12.4. The Kier molecular flexibility index (Phi) is 5.67. The summed E-state index contributed by atoms with van der Waals surface area (Å²) >= 11 is 1.46. The van der Waals surface area contributed by atoms with Crippen LogP contribution in [0, 0.1) is 23.7 Å². The molecule has 4 fully saturated rings. The van der Waals surface area contributed by atoms with Crippen molar-refractivity contribution in [2.45, 2.75) is 82.4 Å². The van der Waals surface area contributed by atoms with Gasteiger partial charge in [-0.25, -0.2) is 4.98 Å². The minimum absolute atomic E-state index is 0.0156. The number of nitrogens with zero attached hydrogens (tertiary/aromatic N) is 3. The van der Waals surface area contributed by atoms with Crippen LogP contribution in [0.1, 0.15) is 68.2 Å². The maximum Gasteiger partial charge on any atom is 0.275 e. The Labute approximate surface area is 216 Å². The van der Waals surface area contributed by atoms with Crippen molar-refractivity contribution in [3.8, 4) is 23.3 Å². The molecule has 0 amide bonds. The number of hydrogen-bond donors (Lipinski definition) is 0. The third kappa shape index (κ3) is 4.48. The third-order valence-electron chi connectivity index (χ3n) is 8.60. The Morgan fingerprint density at radius 1 is 1.08 bits per heavy atom. The van der Waals surface area contributed by atoms with Crippen LogP contribution >= 0.6 is 11.3 Å². The van der Waals surface area contributed by atoms with E-state index >= 15 is 0 Å². The molecule has 0 unspecified atom stereocenters. The molecule has 2 saturated carbocycles. The highest BCUT2D eigenvalue weighted by molar-refractivity contribution is 7.19. The lowest BCUT2D eigenvalue weighted by Crippen LogP contribution is -2.43. The Morgan fingerprint density at radius 2 is 1.89 bits per heavy atom. The molecular formula is C30H33N3O2S. The van der Waals surface area contributed by atoms with Crippen LogP contribution in [0.3, 0.4) is 0 Å². The summed E-state index contributed by atoms with van der Waals surface area (Å²) in [5.74, 6) is 8.93. The number of thiophene rings is 1. The van der Waals surface area contributed by atoms with E-state index in [-0.39, 0.29) is 11.7 Å². The average Bonchev–Trinajstić information content (AvgIpc) is 3.80. The van der Waals surface area contributed by atoms with E-state index in [0.717, 1.165) is 47.0 Å². The van der Waals surface area contributed by atoms with Gasteiger partial charge >= 0.3 is 0 Å². The molecular weight excluding hydrogens is 466 g/mol. The van der Waals surface area contributed by atoms with Gasteiger partial charge in [0.25, 0.3) is 5.56 Å². The number of aromatic nitrogens is 2. The van der Waals surface area contributed by atoms with Crippen LogP contribution in [0.2, 0.25) is 0 Å². The van der Waals surface area contributed by atoms with Gasteiger partial charge in [0.05, 0.1) is 16.1 Å². The summed E-state index contributed by atoms with van der Waals surface area (Å²) in [7, 11) is 2.27. The van der Waals surface area contributed by atoms with Crippen molar-refractivity contribution in [2.24, 2.45) is 11.8 Å². The predicted octanol–water partition coefficient (Wildman–Crippen LogP) is 5.56. The van der Waals surface area contributed by atoms with Gasteiger partial charge in [-0.15, -0.1) is 11.3 Å². The fraction of sp³-hybridized carbons (Fsp3) is 0.533. The van der Waals surface area contributed by atoms with Crippen LogP contribution < -0.4 is 10.3 Å². The Morgan fingerprint density at radius 3 is 2.64 bits per heavy atom. The smallest absolute Gasteiger partial charge is 0.275 e. The van der Waals surface area contributed by atoms with Crippen LogP contribution in [0.4, 0.5) is 0 Å². The van der Waals surface area contributed by atoms with E-state index in [9.17, 15) is 4.79 Å². The molecule has 5 nitrogen and oxygen atoms in total. The normalized spacial score (nSPS) is 25.6. The highest BCUT2D eigenvalue weighted by atomic mass is 32.1. The quantitative estimate of drug-likeness (QED) is 0.417. The number of hydrogen-bond acceptors (Lipinski definition) is 5. The van der Waals surface area contributed by atoms with E-state index in [4.69, 9.17) is 4.74 Å². The Bertz CT molecular complexity index is 1410. The molecule has 2 aliphatic carbocycles. The number of piperidine rings is 1. The van der Waals surface area contributed by atoms with E-state index in [1.165, 1.54) is 61.8 Å². The maximum atomic E-state index is 13.4. The zero-order valence-electron chi connectivity index (χ0n) is 20.9. The van der Waals surface area contributed by atoms with Crippen molar-refractivity contribution < 1.29 is 4.74 Å². The van der Waals surface area contributed by atoms with E-state index in [1.807, 2.05) is 12.1 Å². The summed E-state index contributed by atoms with van der Waals surface area (Å²) < 4.78 is 9.04. The van der Waals surface area contributed by atoms with Crippen LogP contribution in [0.25, 0.3) is 15.9 Å². The van der Waals surface area contributed by atoms with Gasteiger partial charge in [0.15, 0.2) is 0 Å². The van der Waals surface area contributed by atoms with Crippen molar-refractivity contribution in [1.82, 2.24) is 14.5 Å². The largest absolute Gasteiger partial charge is 0.490 e. The molecule has 4 heterocycles. The Balaban J connectivity index is 1.18. The zero-order chi connectivity index (χ0) is 24.2. The standard InChI is InChI=1S/C30H33N3O2S/c1-32-22-9-10-23(32)16-25(15-22)35-28-13-11-24(14-21(28)8-6-19-2-3-19)33-18-31-27-17-26(12-7-20-4-5-20)36-29(27)30(33)34/h11,13-14,17-20,22-23,25H,2-6,8-10,15-16H2,1H3/t22-,23+,25+. The van der Waals surface area contributed by atoms with Crippen LogP contribution in [0.15, 0.2) is 35.4 Å². The molecule has 2 aliphatic heterocycles. The van der Waals surface area contributed by atoms with Gasteiger partial charge < -0.3 is 9.64 Å². The molecule has 4 aliphatic rings. The molecule has 3 atom stereocenters. The molecule has 1 aromatic carbocycles. The second kappa shape index (κ2) is 9.04.